The van der Waals surface area contributed by atoms with Crippen LogP contribution in [0.1, 0.15) is 80.8 Å². The second-order valence-electron chi connectivity index (χ2n) is 10.8. The number of nitrogens with zero attached hydrogens (tertiary/aromatic N) is 1. The third-order valence-corrected chi connectivity index (χ3v) is 9.48. The van der Waals surface area contributed by atoms with Gasteiger partial charge in [0.1, 0.15) is 0 Å². The zero-order chi connectivity index (χ0) is 34.0. The van der Waals surface area contributed by atoms with Crippen molar-refractivity contribution in [3.8, 4) is 0 Å². The van der Waals surface area contributed by atoms with Crippen LogP contribution in [0.2, 0.25) is 5.02 Å². The van der Waals surface area contributed by atoms with Crippen molar-refractivity contribution in [2.24, 2.45) is 5.41 Å². The Hall–Kier alpha value is -2.12. The van der Waals surface area contributed by atoms with Gasteiger partial charge in [-0.1, -0.05) is 78.3 Å². The van der Waals surface area contributed by atoms with Crippen molar-refractivity contribution in [3.05, 3.63) is 112 Å². The van der Waals surface area contributed by atoms with E-state index >= 15 is 0 Å². The molecule has 1 aromatic heterocycles. The number of carboxylic acids is 1. The summed E-state index contributed by atoms with van der Waals surface area (Å²) < 4.78 is 47.7. The number of pyridine rings is 1. The molecule has 7 heteroatoms. The number of benzene rings is 3. The van der Waals surface area contributed by atoms with Crippen molar-refractivity contribution in [1.29, 1.82) is 0 Å². The molecule has 4 aromatic rings. The standard InChI is InChI=1S/C35H36ClNO3S.Na/c1-34(2,40)30-9-4-3-7-25(30)13-17-32(41-23-35(18-19-35)22-33(38)39)27-8-5-6-24(20-27)10-15-29-16-12-26-11-14-28(36)21-31(26)37-29;/h3-12,14-16,20-21,32,40H,13,17-19,22-23H2,1-2H3,(H,38,39);/q;+1/p-1/b15-10+;/t32-;/m1./s1/i1D3,2D3;. The number of aromatic nitrogens is 1. The van der Waals surface area contributed by atoms with E-state index in [0.717, 1.165) is 40.6 Å². The second-order valence-corrected chi connectivity index (χ2v) is 12.5. The maximum absolute atomic E-state index is 11.4. The van der Waals surface area contributed by atoms with Crippen LogP contribution in [0.4, 0.5) is 0 Å². The molecule has 1 saturated carbocycles. The summed E-state index contributed by atoms with van der Waals surface area (Å²) in [5.74, 6) is -0.468. The quantitative estimate of drug-likeness (QED) is 0.236. The minimum absolute atomic E-state index is 0. The summed E-state index contributed by atoms with van der Waals surface area (Å²) in [5, 5.41) is 24.2. The summed E-state index contributed by atoms with van der Waals surface area (Å²) in [7, 11) is 0. The number of halogens is 1. The van der Waals surface area contributed by atoms with E-state index in [2.05, 4.69) is 6.07 Å². The van der Waals surface area contributed by atoms with E-state index < -0.39 is 25.3 Å². The zero-order valence-electron chi connectivity index (χ0n) is 29.5. The molecule has 0 spiro atoms. The third kappa shape index (κ3) is 8.72. The summed E-state index contributed by atoms with van der Waals surface area (Å²) in [6.45, 7) is -6.39. The van der Waals surface area contributed by atoms with Gasteiger partial charge in [-0.3, -0.25) is 0 Å². The third-order valence-electron chi connectivity index (χ3n) is 7.55. The summed E-state index contributed by atoms with van der Waals surface area (Å²) >= 11 is 7.79. The first kappa shape index (κ1) is 25.2. The van der Waals surface area contributed by atoms with Gasteiger partial charge in [-0.25, -0.2) is 4.98 Å². The van der Waals surface area contributed by atoms with Crippen LogP contribution in [-0.4, -0.2) is 21.8 Å². The number of aliphatic hydroxyl groups is 1. The molecule has 1 aliphatic carbocycles. The van der Waals surface area contributed by atoms with E-state index in [1.54, 1.807) is 23.9 Å². The fraction of sp³-hybridized carbons (Fsp3) is 0.314. The molecule has 0 saturated heterocycles. The molecule has 212 valence electrons. The number of carbonyl (C=O) groups is 1. The molecule has 1 N–H and O–H groups in total. The van der Waals surface area contributed by atoms with Crippen LogP contribution in [0.25, 0.3) is 23.1 Å². The average molecular weight is 614 g/mol. The summed E-state index contributed by atoms with van der Waals surface area (Å²) in [6, 6.07) is 23.7. The SMILES string of the molecule is [2H]C([2H])([2H])C(O)(c1ccccc1CC[C@@H](SCC1(CC(=O)[O-])CC1)c1cccc(/C=C/c2ccc3ccc(Cl)cc3n2)c1)C([2H])([2H])[2H].[Na+]. The number of thioether (sulfide) groups is 1. The molecule has 1 aliphatic rings. The largest absolute Gasteiger partial charge is 1.00 e. The van der Waals surface area contributed by atoms with Gasteiger partial charge in [0, 0.05) is 29.9 Å². The summed E-state index contributed by atoms with van der Waals surface area (Å²) in [6.07, 6.45) is 6.26. The summed E-state index contributed by atoms with van der Waals surface area (Å²) in [4.78, 5) is 16.1. The number of carbonyl (C=O) groups excluding carboxylic acids is 1. The van der Waals surface area contributed by atoms with Gasteiger partial charge in [0.2, 0.25) is 0 Å². The van der Waals surface area contributed by atoms with Crippen molar-refractivity contribution in [2.45, 2.75) is 56.7 Å². The van der Waals surface area contributed by atoms with Crippen molar-refractivity contribution in [2.75, 3.05) is 5.75 Å². The first-order chi connectivity index (χ1) is 22.1. The second kappa shape index (κ2) is 14.1. The maximum atomic E-state index is 11.4. The fourth-order valence-electron chi connectivity index (χ4n) is 5.10. The molecule has 1 atom stereocenters. The van der Waals surface area contributed by atoms with Crippen LogP contribution < -0.4 is 34.7 Å². The maximum Gasteiger partial charge on any atom is 1.00 e. The molecule has 3 aromatic carbocycles. The van der Waals surface area contributed by atoms with E-state index in [1.165, 1.54) is 12.1 Å². The minimum atomic E-state index is -3.20. The number of hydrogen-bond acceptors (Lipinski definition) is 5. The Balaban J connectivity index is 0.00000520. The molecule has 0 bridgehead atoms. The van der Waals surface area contributed by atoms with Gasteiger partial charge in [0.05, 0.1) is 16.8 Å². The van der Waals surface area contributed by atoms with Crippen LogP contribution in [0.15, 0.2) is 78.9 Å². The number of fused-ring (bicyclic) bond motifs is 1. The fourth-order valence-corrected chi connectivity index (χ4v) is 6.84. The van der Waals surface area contributed by atoms with Gasteiger partial charge in [-0.15, -0.1) is 0 Å². The smallest absolute Gasteiger partial charge is 0.550 e. The van der Waals surface area contributed by atoms with Crippen LogP contribution in [0.3, 0.4) is 0 Å². The van der Waals surface area contributed by atoms with E-state index in [9.17, 15) is 15.0 Å². The normalized spacial score (nSPS) is 17.7. The predicted molar refractivity (Wildman–Crippen MR) is 169 cm³/mol. The van der Waals surface area contributed by atoms with E-state index in [1.807, 2.05) is 60.7 Å². The molecule has 4 nitrogen and oxygen atoms in total. The van der Waals surface area contributed by atoms with Gasteiger partial charge in [-0.05, 0) is 104 Å². The number of carboxylic acid groups (broad SMARTS) is 1. The Morgan fingerprint density at radius 1 is 1.12 bits per heavy atom. The number of hydrogen-bond donors (Lipinski definition) is 1. The van der Waals surface area contributed by atoms with Gasteiger partial charge < -0.3 is 15.0 Å². The molecule has 0 unspecified atom stereocenters. The monoisotopic (exact) mass is 613 g/mol. The Morgan fingerprint density at radius 2 is 1.90 bits per heavy atom. The molecule has 1 fully saturated rings. The Morgan fingerprint density at radius 3 is 2.67 bits per heavy atom. The van der Waals surface area contributed by atoms with Crippen molar-refractivity contribution < 1.29 is 52.8 Å². The molecule has 0 amide bonds. The van der Waals surface area contributed by atoms with Gasteiger partial charge >= 0.3 is 29.6 Å². The van der Waals surface area contributed by atoms with E-state index in [4.69, 9.17) is 24.8 Å². The Kier molecular flexibility index (Phi) is 8.48. The van der Waals surface area contributed by atoms with E-state index in [-0.39, 0.29) is 52.2 Å². The van der Waals surface area contributed by atoms with Gasteiger partial charge in [0.25, 0.3) is 0 Å². The molecular weight excluding hydrogens is 573 g/mol. The number of aliphatic carboxylic acids is 1. The van der Waals surface area contributed by atoms with E-state index in [0.29, 0.717) is 29.2 Å². The van der Waals surface area contributed by atoms with Gasteiger partial charge in [-0.2, -0.15) is 11.8 Å². The first-order valence-electron chi connectivity index (χ1n) is 16.6. The van der Waals surface area contributed by atoms with Crippen LogP contribution in [0.5, 0.6) is 0 Å². The first-order valence-corrected chi connectivity index (χ1v) is 15.0. The van der Waals surface area contributed by atoms with Crippen molar-refractivity contribution in [3.63, 3.8) is 0 Å². The Labute approximate surface area is 288 Å². The molecule has 0 radical (unpaired) electrons. The number of rotatable bonds is 12. The predicted octanol–water partition coefficient (Wildman–Crippen LogP) is 4.62. The number of aryl methyl sites for hydroxylation is 1. The van der Waals surface area contributed by atoms with Crippen LogP contribution in [-0.2, 0) is 16.8 Å². The zero-order valence-corrected chi connectivity index (χ0v) is 27.0. The van der Waals surface area contributed by atoms with Crippen LogP contribution >= 0.6 is 23.4 Å². The van der Waals surface area contributed by atoms with Gasteiger partial charge in [0.15, 0.2) is 0 Å². The topological polar surface area (TPSA) is 73.2 Å². The van der Waals surface area contributed by atoms with Crippen molar-refractivity contribution >= 4 is 52.4 Å². The minimum Gasteiger partial charge on any atom is -0.550 e. The molecule has 0 aliphatic heterocycles. The molecule has 1 heterocycles. The molecule has 42 heavy (non-hydrogen) atoms. The van der Waals surface area contributed by atoms with Crippen LogP contribution in [0, 0.1) is 5.41 Å². The molecule has 5 rings (SSSR count). The molecular formula is C35H35ClNNaO3S. The van der Waals surface area contributed by atoms with Crippen molar-refractivity contribution in [1.82, 2.24) is 4.98 Å². The summed E-state index contributed by atoms with van der Waals surface area (Å²) in [5.41, 5.74) is 0.405. The Bertz CT molecular complexity index is 1780. The average Bonchev–Trinajstić information content (AvgIpc) is 3.77.